The fraction of sp³-hybridized carbons (Fsp3) is 0.182. The normalized spacial score (nSPS) is 13.1. The average molecular weight is 207 g/mol. The second-order valence-corrected chi connectivity index (χ2v) is 3.35. The highest BCUT2D eigenvalue weighted by Crippen LogP contribution is 2.24. The Morgan fingerprint density at radius 3 is 3.00 bits per heavy atom. The molecular formula is C11H11ClN2. The summed E-state index contributed by atoms with van der Waals surface area (Å²) in [6.07, 6.45) is 1.06. The average Bonchev–Trinajstić information content (AvgIpc) is 2.61. The first kappa shape index (κ1) is 9.28. The van der Waals surface area contributed by atoms with E-state index in [0.29, 0.717) is 0 Å². The molecule has 0 bridgehead atoms. The molecule has 3 rings (SSSR count). The molecule has 1 aliphatic rings. The number of aromatic nitrogens is 1. The van der Waals surface area contributed by atoms with E-state index in [2.05, 4.69) is 28.5 Å². The maximum atomic E-state index is 4.59. The van der Waals surface area contributed by atoms with Crippen molar-refractivity contribution in [3.8, 4) is 0 Å². The zero-order valence-corrected chi connectivity index (χ0v) is 8.47. The molecule has 0 fully saturated rings. The second-order valence-electron chi connectivity index (χ2n) is 3.35. The van der Waals surface area contributed by atoms with E-state index in [-0.39, 0.29) is 12.4 Å². The lowest BCUT2D eigenvalue weighted by Gasteiger charge is -2.01. The van der Waals surface area contributed by atoms with Crippen LogP contribution >= 0.6 is 12.4 Å². The Morgan fingerprint density at radius 1 is 1.21 bits per heavy atom. The number of fused-ring (bicyclic) bond motifs is 2. The van der Waals surface area contributed by atoms with Crippen LogP contribution < -0.4 is 5.32 Å². The quantitative estimate of drug-likeness (QED) is 0.717. The first-order valence-corrected chi connectivity index (χ1v) is 4.56. The molecule has 0 unspecified atom stereocenters. The minimum absolute atomic E-state index is 0. The highest BCUT2D eigenvalue weighted by atomic mass is 35.5. The third-order valence-electron chi connectivity index (χ3n) is 2.48. The fourth-order valence-electron chi connectivity index (χ4n) is 1.82. The summed E-state index contributed by atoms with van der Waals surface area (Å²) in [7, 11) is 0. The highest BCUT2D eigenvalue weighted by molar-refractivity contribution is 5.85. The monoisotopic (exact) mass is 206 g/mol. The van der Waals surface area contributed by atoms with Gasteiger partial charge < -0.3 is 5.32 Å². The summed E-state index contributed by atoms with van der Waals surface area (Å²) in [5, 5.41) is 4.55. The number of hydrogen-bond donors (Lipinski definition) is 1. The summed E-state index contributed by atoms with van der Waals surface area (Å²) < 4.78 is 0. The topological polar surface area (TPSA) is 24.9 Å². The standard InChI is InChI=1S/C11H10N2.ClH/c1-2-4-9-8(3-1)7-11-10(13-9)5-6-12-11;/h1-4,7,12H,5-6H2;1H. The summed E-state index contributed by atoms with van der Waals surface area (Å²) in [6.45, 7) is 1.03. The van der Waals surface area contributed by atoms with Crippen molar-refractivity contribution in [3.63, 3.8) is 0 Å². The Kier molecular flexibility index (Phi) is 2.30. The van der Waals surface area contributed by atoms with Crippen molar-refractivity contribution in [3.05, 3.63) is 36.0 Å². The van der Waals surface area contributed by atoms with Gasteiger partial charge in [-0.3, -0.25) is 4.98 Å². The number of rotatable bonds is 0. The number of halogens is 1. The number of nitrogens with zero attached hydrogens (tertiary/aromatic N) is 1. The lowest BCUT2D eigenvalue weighted by molar-refractivity contribution is 1.06. The van der Waals surface area contributed by atoms with E-state index in [1.54, 1.807) is 0 Å². The smallest absolute Gasteiger partial charge is 0.0706 e. The van der Waals surface area contributed by atoms with Gasteiger partial charge in [-0.05, 0) is 12.1 Å². The Morgan fingerprint density at radius 2 is 2.07 bits per heavy atom. The van der Waals surface area contributed by atoms with E-state index in [1.807, 2.05) is 12.1 Å². The van der Waals surface area contributed by atoms with Gasteiger partial charge in [0.25, 0.3) is 0 Å². The zero-order valence-electron chi connectivity index (χ0n) is 7.66. The Hall–Kier alpha value is -1.28. The van der Waals surface area contributed by atoms with Crippen LogP contribution in [0.2, 0.25) is 0 Å². The summed E-state index contributed by atoms with van der Waals surface area (Å²) in [5.41, 5.74) is 3.52. The van der Waals surface area contributed by atoms with Crippen LogP contribution in [0.4, 0.5) is 5.69 Å². The molecule has 0 spiro atoms. The van der Waals surface area contributed by atoms with E-state index in [4.69, 9.17) is 0 Å². The molecule has 0 saturated heterocycles. The van der Waals surface area contributed by atoms with Crippen molar-refractivity contribution in [2.45, 2.75) is 6.42 Å². The highest BCUT2D eigenvalue weighted by Gasteiger charge is 2.11. The maximum absolute atomic E-state index is 4.59. The molecular weight excluding hydrogens is 196 g/mol. The minimum atomic E-state index is 0. The molecule has 0 radical (unpaired) electrons. The minimum Gasteiger partial charge on any atom is -0.383 e. The molecule has 0 aliphatic carbocycles. The van der Waals surface area contributed by atoms with E-state index in [9.17, 15) is 0 Å². The van der Waals surface area contributed by atoms with Gasteiger partial charge in [0, 0.05) is 18.4 Å². The van der Waals surface area contributed by atoms with Crippen molar-refractivity contribution < 1.29 is 0 Å². The second kappa shape index (κ2) is 3.46. The van der Waals surface area contributed by atoms with Gasteiger partial charge in [0.15, 0.2) is 0 Å². The van der Waals surface area contributed by atoms with Gasteiger partial charge >= 0.3 is 0 Å². The van der Waals surface area contributed by atoms with Gasteiger partial charge in [0.2, 0.25) is 0 Å². The van der Waals surface area contributed by atoms with Crippen LogP contribution in [0.5, 0.6) is 0 Å². The molecule has 1 aliphatic heterocycles. The zero-order chi connectivity index (χ0) is 8.67. The molecule has 1 N–H and O–H groups in total. The molecule has 2 nitrogen and oxygen atoms in total. The van der Waals surface area contributed by atoms with Crippen molar-refractivity contribution in [1.29, 1.82) is 0 Å². The van der Waals surface area contributed by atoms with Crippen LogP contribution in [0, 0.1) is 0 Å². The van der Waals surface area contributed by atoms with E-state index in [1.165, 1.54) is 16.8 Å². The number of benzene rings is 1. The van der Waals surface area contributed by atoms with Crippen LogP contribution in [0.15, 0.2) is 30.3 Å². The fourth-order valence-corrected chi connectivity index (χ4v) is 1.82. The molecule has 1 aromatic heterocycles. The largest absolute Gasteiger partial charge is 0.383 e. The van der Waals surface area contributed by atoms with Crippen molar-refractivity contribution >= 4 is 29.0 Å². The van der Waals surface area contributed by atoms with Crippen molar-refractivity contribution in [2.75, 3.05) is 11.9 Å². The van der Waals surface area contributed by atoms with Crippen LogP contribution in [0.3, 0.4) is 0 Å². The van der Waals surface area contributed by atoms with Crippen molar-refractivity contribution in [2.24, 2.45) is 0 Å². The first-order chi connectivity index (χ1) is 6.43. The van der Waals surface area contributed by atoms with Gasteiger partial charge in [-0.1, -0.05) is 18.2 Å². The van der Waals surface area contributed by atoms with Crippen LogP contribution in [0.1, 0.15) is 5.69 Å². The van der Waals surface area contributed by atoms with Crippen LogP contribution in [-0.4, -0.2) is 11.5 Å². The summed E-state index contributed by atoms with van der Waals surface area (Å²) in [5.74, 6) is 0. The predicted octanol–water partition coefficient (Wildman–Crippen LogP) is 2.62. The van der Waals surface area contributed by atoms with Crippen LogP contribution in [-0.2, 0) is 6.42 Å². The summed E-state index contributed by atoms with van der Waals surface area (Å²) in [4.78, 5) is 4.59. The number of para-hydroxylation sites is 1. The molecule has 72 valence electrons. The molecule has 14 heavy (non-hydrogen) atoms. The van der Waals surface area contributed by atoms with Crippen molar-refractivity contribution in [1.82, 2.24) is 4.98 Å². The van der Waals surface area contributed by atoms with Gasteiger partial charge in [0.1, 0.15) is 0 Å². The maximum Gasteiger partial charge on any atom is 0.0706 e. The third-order valence-corrected chi connectivity index (χ3v) is 2.48. The Balaban J connectivity index is 0.000000750. The van der Waals surface area contributed by atoms with E-state index < -0.39 is 0 Å². The summed E-state index contributed by atoms with van der Waals surface area (Å²) in [6, 6.07) is 10.4. The van der Waals surface area contributed by atoms with E-state index in [0.717, 1.165) is 18.5 Å². The molecule has 2 heterocycles. The molecule has 0 amide bonds. The van der Waals surface area contributed by atoms with Gasteiger partial charge in [-0.15, -0.1) is 12.4 Å². The molecule has 0 saturated carbocycles. The van der Waals surface area contributed by atoms with Crippen LogP contribution in [0.25, 0.3) is 10.9 Å². The van der Waals surface area contributed by atoms with Gasteiger partial charge in [-0.25, -0.2) is 0 Å². The molecule has 3 heteroatoms. The molecule has 1 aromatic carbocycles. The lowest BCUT2D eigenvalue weighted by Crippen LogP contribution is -1.90. The van der Waals surface area contributed by atoms with Gasteiger partial charge in [-0.2, -0.15) is 0 Å². The molecule has 0 atom stereocenters. The van der Waals surface area contributed by atoms with E-state index >= 15 is 0 Å². The first-order valence-electron chi connectivity index (χ1n) is 4.56. The third kappa shape index (κ3) is 1.32. The molecule has 2 aromatic rings. The number of nitrogens with one attached hydrogen (secondary N) is 1. The Labute approximate surface area is 88.8 Å². The SMILES string of the molecule is Cl.c1ccc2nc3c(cc2c1)NCC3. The van der Waals surface area contributed by atoms with Gasteiger partial charge in [0.05, 0.1) is 16.9 Å². The Bertz CT molecular complexity index is 425. The number of hydrogen-bond acceptors (Lipinski definition) is 2. The predicted molar refractivity (Wildman–Crippen MR) is 61.2 cm³/mol. The summed E-state index contributed by atoms with van der Waals surface area (Å²) >= 11 is 0. The lowest BCUT2D eigenvalue weighted by atomic mass is 10.2. The number of pyridine rings is 1. The number of anilines is 1.